The average Bonchev–Trinajstić information content (AvgIpc) is 3.00. The molecular formula is C11H15NO3S. The number of nitrogens with two attached hydrogens (primary N) is 1. The third-order valence-electron chi connectivity index (χ3n) is 2.67. The molecule has 0 saturated heterocycles. The number of hydrogen-bond donors (Lipinski definition) is 1. The minimum atomic E-state index is -3.24. The molecule has 0 bridgehead atoms. The summed E-state index contributed by atoms with van der Waals surface area (Å²) >= 11 is 0. The Morgan fingerprint density at radius 1 is 1.44 bits per heavy atom. The van der Waals surface area contributed by atoms with Gasteiger partial charge in [-0.1, -0.05) is 0 Å². The highest BCUT2D eigenvalue weighted by atomic mass is 32.2. The molecular weight excluding hydrogens is 226 g/mol. The number of nitrogen functional groups attached to an aromatic ring is 1. The van der Waals surface area contributed by atoms with Crippen LogP contribution in [-0.2, 0) is 9.84 Å². The molecule has 5 heteroatoms. The summed E-state index contributed by atoms with van der Waals surface area (Å²) in [5, 5.41) is 0. The SMILES string of the molecule is COc1cc(N)ccc1S(=O)(=O)CC1CC1. The molecule has 1 fully saturated rings. The van der Waals surface area contributed by atoms with E-state index < -0.39 is 9.84 Å². The van der Waals surface area contributed by atoms with Crippen molar-refractivity contribution < 1.29 is 13.2 Å². The number of hydrogen-bond acceptors (Lipinski definition) is 4. The summed E-state index contributed by atoms with van der Waals surface area (Å²) in [5.41, 5.74) is 6.09. The fourth-order valence-electron chi connectivity index (χ4n) is 1.63. The third-order valence-corrected chi connectivity index (χ3v) is 4.59. The van der Waals surface area contributed by atoms with Gasteiger partial charge in [0.1, 0.15) is 10.6 Å². The monoisotopic (exact) mass is 241 g/mol. The van der Waals surface area contributed by atoms with Gasteiger partial charge in [-0.3, -0.25) is 0 Å². The molecule has 4 nitrogen and oxygen atoms in total. The molecule has 2 rings (SSSR count). The molecule has 0 aliphatic heterocycles. The lowest BCUT2D eigenvalue weighted by Crippen LogP contribution is -2.10. The van der Waals surface area contributed by atoms with Gasteiger partial charge in [0.15, 0.2) is 9.84 Å². The van der Waals surface area contributed by atoms with Gasteiger partial charge in [0, 0.05) is 11.8 Å². The van der Waals surface area contributed by atoms with Gasteiger partial charge in [-0.05, 0) is 30.9 Å². The first-order chi connectivity index (χ1) is 7.53. The molecule has 0 unspecified atom stereocenters. The molecule has 0 amide bonds. The molecule has 1 saturated carbocycles. The molecule has 1 aromatic rings. The van der Waals surface area contributed by atoms with Crippen LogP contribution in [0.1, 0.15) is 12.8 Å². The first-order valence-electron chi connectivity index (χ1n) is 5.19. The van der Waals surface area contributed by atoms with E-state index in [-0.39, 0.29) is 10.6 Å². The largest absolute Gasteiger partial charge is 0.495 e. The lowest BCUT2D eigenvalue weighted by molar-refractivity contribution is 0.403. The molecule has 16 heavy (non-hydrogen) atoms. The van der Waals surface area contributed by atoms with E-state index in [0.29, 0.717) is 17.4 Å². The van der Waals surface area contributed by atoms with Crippen LogP contribution in [0.2, 0.25) is 0 Å². The van der Waals surface area contributed by atoms with Crippen LogP contribution in [0.15, 0.2) is 23.1 Å². The van der Waals surface area contributed by atoms with Crippen LogP contribution < -0.4 is 10.5 Å². The third kappa shape index (κ3) is 2.29. The minimum absolute atomic E-state index is 0.216. The van der Waals surface area contributed by atoms with Crippen molar-refractivity contribution in [1.29, 1.82) is 0 Å². The summed E-state index contributed by atoms with van der Waals surface area (Å²) in [7, 11) is -1.79. The second kappa shape index (κ2) is 3.97. The van der Waals surface area contributed by atoms with Crippen molar-refractivity contribution >= 4 is 15.5 Å². The van der Waals surface area contributed by atoms with Crippen LogP contribution >= 0.6 is 0 Å². The quantitative estimate of drug-likeness (QED) is 0.810. The van der Waals surface area contributed by atoms with Gasteiger partial charge in [0.25, 0.3) is 0 Å². The smallest absolute Gasteiger partial charge is 0.182 e. The highest BCUT2D eigenvalue weighted by molar-refractivity contribution is 7.91. The van der Waals surface area contributed by atoms with E-state index in [4.69, 9.17) is 10.5 Å². The topological polar surface area (TPSA) is 69.4 Å². The van der Waals surface area contributed by atoms with Crippen molar-refractivity contribution in [3.8, 4) is 5.75 Å². The fourth-order valence-corrected chi connectivity index (χ4v) is 3.48. The Morgan fingerprint density at radius 3 is 2.69 bits per heavy atom. The standard InChI is InChI=1S/C11H15NO3S/c1-15-10-6-9(12)4-5-11(10)16(13,14)7-8-2-3-8/h4-6,8H,2-3,7,12H2,1H3. The van der Waals surface area contributed by atoms with Crippen molar-refractivity contribution in [3.05, 3.63) is 18.2 Å². The Hall–Kier alpha value is -1.23. The molecule has 2 N–H and O–H groups in total. The molecule has 1 aliphatic rings. The molecule has 0 aromatic heterocycles. The first kappa shape index (κ1) is 11.3. The Kier molecular flexibility index (Phi) is 2.80. The predicted molar refractivity (Wildman–Crippen MR) is 62.2 cm³/mol. The van der Waals surface area contributed by atoms with Gasteiger partial charge in [-0.25, -0.2) is 8.42 Å². The summed E-state index contributed by atoms with van der Waals surface area (Å²) in [6, 6.07) is 4.65. The molecule has 0 atom stereocenters. The van der Waals surface area contributed by atoms with Gasteiger partial charge in [-0.15, -0.1) is 0 Å². The van der Waals surface area contributed by atoms with E-state index >= 15 is 0 Å². The van der Waals surface area contributed by atoms with E-state index in [1.54, 1.807) is 12.1 Å². The number of anilines is 1. The number of benzene rings is 1. The van der Waals surface area contributed by atoms with Crippen LogP contribution in [0.25, 0.3) is 0 Å². The van der Waals surface area contributed by atoms with Crippen LogP contribution in [0.3, 0.4) is 0 Å². The van der Waals surface area contributed by atoms with Crippen molar-refractivity contribution in [2.75, 3.05) is 18.6 Å². The lowest BCUT2D eigenvalue weighted by atomic mass is 10.3. The van der Waals surface area contributed by atoms with Crippen molar-refractivity contribution in [2.45, 2.75) is 17.7 Å². The molecule has 0 heterocycles. The van der Waals surface area contributed by atoms with E-state index in [1.807, 2.05) is 0 Å². The van der Waals surface area contributed by atoms with Crippen molar-refractivity contribution in [1.82, 2.24) is 0 Å². The summed E-state index contributed by atoms with van der Waals surface area (Å²) in [6.07, 6.45) is 2.02. The zero-order chi connectivity index (χ0) is 11.8. The maximum Gasteiger partial charge on any atom is 0.182 e. The summed E-state index contributed by atoms with van der Waals surface area (Å²) in [6.45, 7) is 0. The number of ether oxygens (including phenoxy) is 1. The average molecular weight is 241 g/mol. The number of methoxy groups -OCH3 is 1. The molecule has 1 aromatic carbocycles. The van der Waals surface area contributed by atoms with Crippen LogP contribution in [0.5, 0.6) is 5.75 Å². The highest BCUT2D eigenvalue weighted by Crippen LogP contribution is 2.35. The fraction of sp³-hybridized carbons (Fsp3) is 0.455. The Morgan fingerprint density at radius 2 is 2.12 bits per heavy atom. The predicted octanol–water partition coefficient (Wildman–Crippen LogP) is 1.46. The number of rotatable bonds is 4. The first-order valence-corrected chi connectivity index (χ1v) is 6.84. The van der Waals surface area contributed by atoms with Crippen molar-refractivity contribution in [3.63, 3.8) is 0 Å². The second-order valence-electron chi connectivity index (χ2n) is 4.14. The van der Waals surface area contributed by atoms with Gasteiger partial charge >= 0.3 is 0 Å². The van der Waals surface area contributed by atoms with Gasteiger partial charge in [-0.2, -0.15) is 0 Å². The normalized spacial score (nSPS) is 16.1. The molecule has 0 radical (unpaired) electrons. The van der Waals surface area contributed by atoms with E-state index in [2.05, 4.69) is 0 Å². The Balaban J connectivity index is 2.37. The highest BCUT2D eigenvalue weighted by Gasteiger charge is 2.30. The molecule has 0 spiro atoms. The zero-order valence-corrected chi connectivity index (χ0v) is 9.96. The summed E-state index contributed by atoms with van der Waals surface area (Å²) < 4.78 is 29.2. The van der Waals surface area contributed by atoms with Crippen LogP contribution in [-0.4, -0.2) is 21.3 Å². The van der Waals surface area contributed by atoms with Crippen molar-refractivity contribution in [2.24, 2.45) is 5.92 Å². The van der Waals surface area contributed by atoms with E-state index in [9.17, 15) is 8.42 Å². The van der Waals surface area contributed by atoms with Crippen LogP contribution in [0.4, 0.5) is 5.69 Å². The van der Waals surface area contributed by atoms with Gasteiger partial charge < -0.3 is 10.5 Å². The van der Waals surface area contributed by atoms with E-state index in [1.165, 1.54) is 13.2 Å². The molecule has 1 aliphatic carbocycles. The molecule has 88 valence electrons. The zero-order valence-electron chi connectivity index (χ0n) is 9.14. The van der Waals surface area contributed by atoms with Gasteiger partial charge in [0.05, 0.1) is 12.9 Å². The van der Waals surface area contributed by atoms with Crippen LogP contribution in [0, 0.1) is 5.92 Å². The summed E-state index contributed by atoms with van der Waals surface area (Å²) in [5.74, 6) is 0.876. The maximum absolute atomic E-state index is 12.1. The number of sulfone groups is 1. The minimum Gasteiger partial charge on any atom is -0.495 e. The lowest BCUT2D eigenvalue weighted by Gasteiger charge is -2.09. The second-order valence-corrected chi connectivity index (χ2v) is 6.14. The van der Waals surface area contributed by atoms with E-state index in [0.717, 1.165) is 12.8 Å². The summed E-state index contributed by atoms with van der Waals surface area (Å²) in [4.78, 5) is 0.246. The Bertz CT molecular complexity index is 492. The Labute approximate surface area is 95.3 Å². The maximum atomic E-state index is 12.1. The van der Waals surface area contributed by atoms with Gasteiger partial charge in [0.2, 0.25) is 0 Å².